The van der Waals surface area contributed by atoms with Crippen molar-refractivity contribution in [2.24, 2.45) is 0 Å². The molecular formula is C11H10BrFN2O. The molecule has 16 heavy (non-hydrogen) atoms. The number of nitrogens with zero attached hydrogens (tertiary/aromatic N) is 2. The van der Waals surface area contributed by atoms with Gasteiger partial charge in [0.25, 0.3) is 5.91 Å². The van der Waals surface area contributed by atoms with E-state index < -0.39 is 5.82 Å². The van der Waals surface area contributed by atoms with Gasteiger partial charge in [0.15, 0.2) is 0 Å². The van der Waals surface area contributed by atoms with Gasteiger partial charge in [0.1, 0.15) is 5.82 Å². The van der Waals surface area contributed by atoms with Crippen LogP contribution in [0.2, 0.25) is 0 Å². The van der Waals surface area contributed by atoms with Crippen molar-refractivity contribution >= 4 is 21.8 Å². The van der Waals surface area contributed by atoms with E-state index >= 15 is 0 Å². The lowest BCUT2D eigenvalue weighted by Crippen LogP contribution is -2.28. The van der Waals surface area contributed by atoms with E-state index in [0.29, 0.717) is 6.54 Å². The number of hydrogen-bond donors (Lipinski definition) is 0. The smallest absolute Gasteiger partial charge is 0.254 e. The minimum absolute atomic E-state index is 0.156. The van der Waals surface area contributed by atoms with Crippen LogP contribution in [0.25, 0.3) is 0 Å². The molecular weight excluding hydrogens is 275 g/mol. The fourth-order valence-electron chi connectivity index (χ4n) is 1.19. The molecule has 1 rings (SSSR count). The highest BCUT2D eigenvalue weighted by molar-refractivity contribution is 9.10. The number of carbonyl (C=O) groups is 1. The van der Waals surface area contributed by atoms with E-state index in [1.54, 1.807) is 13.1 Å². The average Bonchev–Trinajstić information content (AvgIpc) is 2.28. The Kier molecular flexibility index (Phi) is 4.44. The second-order valence-corrected chi connectivity index (χ2v) is 4.03. The molecule has 84 valence electrons. The minimum Gasteiger partial charge on any atom is -0.341 e. The van der Waals surface area contributed by atoms with Crippen LogP contribution in [-0.2, 0) is 0 Å². The largest absolute Gasteiger partial charge is 0.341 e. The van der Waals surface area contributed by atoms with E-state index in [4.69, 9.17) is 5.26 Å². The van der Waals surface area contributed by atoms with Crippen molar-refractivity contribution in [3.63, 3.8) is 0 Å². The molecule has 0 N–H and O–H groups in total. The van der Waals surface area contributed by atoms with Gasteiger partial charge in [0.2, 0.25) is 0 Å². The van der Waals surface area contributed by atoms with Crippen molar-refractivity contribution in [1.29, 1.82) is 5.26 Å². The Hall–Kier alpha value is -1.41. The zero-order chi connectivity index (χ0) is 12.1. The van der Waals surface area contributed by atoms with E-state index in [-0.39, 0.29) is 22.4 Å². The van der Waals surface area contributed by atoms with Crippen LogP contribution < -0.4 is 0 Å². The third kappa shape index (κ3) is 2.80. The Balaban J connectivity index is 2.89. The number of benzene rings is 1. The average molecular weight is 285 g/mol. The SMILES string of the molecule is CN(CCC#N)C(=O)c1cccc(F)c1Br. The van der Waals surface area contributed by atoms with Gasteiger partial charge in [-0.2, -0.15) is 5.26 Å². The summed E-state index contributed by atoms with van der Waals surface area (Å²) in [6.45, 7) is 0.332. The third-order valence-electron chi connectivity index (χ3n) is 2.09. The molecule has 1 amide bonds. The van der Waals surface area contributed by atoms with Crippen LogP contribution in [0.4, 0.5) is 4.39 Å². The first-order valence-electron chi connectivity index (χ1n) is 4.64. The molecule has 0 aliphatic rings. The Bertz CT molecular complexity index is 442. The highest BCUT2D eigenvalue weighted by Gasteiger charge is 2.16. The first-order valence-corrected chi connectivity index (χ1v) is 5.43. The number of rotatable bonds is 3. The van der Waals surface area contributed by atoms with Crippen LogP contribution in [0.1, 0.15) is 16.8 Å². The molecule has 0 unspecified atom stereocenters. The molecule has 0 heterocycles. The summed E-state index contributed by atoms with van der Waals surface area (Å²) in [5.41, 5.74) is 0.264. The predicted molar refractivity (Wildman–Crippen MR) is 61.3 cm³/mol. The molecule has 1 aromatic carbocycles. The van der Waals surface area contributed by atoms with E-state index in [9.17, 15) is 9.18 Å². The van der Waals surface area contributed by atoms with Gasteiger partial charge in [0, 0.05) is 13.6 Å². The fourth-order valence-corrected chi connectivity index (χ4v) is 1.63. The van der Waals surface area contributed by atoms with Crippen molar-refractivity contribution in [3.8, 4) is 6.07 Å². The Morgan fingerprint density at radius 3 is 2.94 bits per heavy atom. The lowest BCUT2D eigenvalue weighted by atomic mass is 10.2. The maximum Gasteiger partial charge on any atom is 0.254 e. The van der Waals surface area contributed by atoms with Crippen LogP contribution in [0, 0.1) is 17.1 Å². The number of amides is 1. The van der Waals surface area contributed by atoms with Gasteiger partial charge in [-0.3, -0.25) is 4.79 Å². The molecule has 0 atom stereocenters. The predicted octanol–water partition coefficient (Wildman–Crippen LogP) is 2.57. The van der Waals surface area contributed by atoms with Crippen LogP contribution >= 0.6 is 15.9 Å². The summed E-state index contributed by atoms with van der Waals surface area (Å²) in [5.74, 6) is -0.777. The van der Waals surface area contributed by atoms with Gasteiger partial charge in [0.05, 0.1) is 22.5 Å². The lowest BCUT2D eigenvalue weighted by Gasteiger charge is -2.16. The summed E-state index contributed by atoms with van der Waals surface area (Å²) in [7, 11) is 1.58. The molecule has 5 heteroatoms. The van der Waals surface area contributed by atoms with Gasteiger partial charge >= 0.3 is 0 Å². The van der Waals surface area contributed by atoms with E-state index in [0.717, 1.165) is 0 Å². The van der Waals surface area contributed by atoms with E-state index in [1.807, 2.05) is 6.07 Å². The van der Waals surface area contributed by atoms with Crippen LogP contribution in [0.15, 0.2) is 22.7 Å². The Morgan fingerprint density at radius 2 is 2.31 bits per heavy atom. The molecule has 0 aromatic heterocycles. The van der Waals surface area contributed by atoms with Gasteiger partial charge in [-0.25, -0.2) is 4.39 Å². The van der Waals surface area contributed by atoms with Crippen LogP contribution in [-0.4, -0.2) is 24.4 Å². The second-order valence-electron chi connectivity index (χ2n) is 3.24. The molecule has 0 saturated heterocycles. The second kappa shape index (κ2) is 5.61. The van der Waals surface area contributed by atoms with Gasteiger partial charge in [-0.1, -0.05) is 6.07 Å². The normalized spacial score (nSPS) is 9.62. The Labute approximate surface area is 102 Å². The molecule has 0 bridgehead atoms. The van der Waals surface area contributed by atoms with E-state index in [1.165, 1.54) is 17.0 Å². The number of hydrogen-bond acceptors (Lipinski definition) is 2. The summed E-state index contributed by atoms with van der Waals surface area (Å²) in [5, 5.41) is 8.41. The fraction of sp³-hybridized carbons (Fsp3) is 0.273. The van der Waals surface area contributed by atoms with Crippen LogP contribution in [0.5, 0.6) is 0 Å². The maximum absolute atomic E-state index is 13.2. The number of nitriles is 1. The van der Waals surface area contributed by atoms with Gasteiger partial charge in [-0.15, -0.1) is 0 Å². The van der Waals surface area contributed by atoms with Crippen LogP contribution in [0.3, 0.4) is 0 Å². The first kappa shape index (κ1) is 12.7. The molecule has 1 aromatic rings. The molecule has 0 fully saturated rings. The summed E-state index contributed by atoms with van der Waals surface area (Å²) in [6, 6.07) is 6.24. The van der Waals surface area contributed by atoms with Crippen molar-refractivity contribution in [1.82, 2.24) is 4.90 Å². The molecule has 0 aliphatic carbocycles. The Morgan fingerprint density at radius 1 is 1.62 bits per heavy atom. The molecule has 0 saturated carbocycles. The van der Waals surface area contributed by atoms with Crippen molar-refractivity contribution in [2.75, 3.05) is 13.6 Å². The topological polar surface area (TPSA) is 44.1 Å². The quantitative estimate of drug-likeness (QED) is 0.856. The standard InChI is InChI=1S/C11H10BrFN2O/c1-15(7-3-6-14)11(16)8-4-2-5-9(13)10(8)12/h2,4-5H,3,7H2,1H3. The molecule has 3 nitrogen and oxygen atoms in total. The molecule has 0 spiro atoms. The maximum atomic E-state index is 13.2. The van der Waals surface area contributed by atoms with Crippen molar-refractivity contribution < 1.29 is 9.18 Å². The lowest BCUT2D eigenvalue weighted by molar-refractivity contribution is 0.0796. The highest BCUT2D eigenvalue weighted by Crippen LogP contribution is 2.21. The molecule has 0 aliphatic heterocycles. The zero-order valence-corrected chi connectivity index (χ0v) is 10.3. The summed E-state index contributed by atoms with van der Waals surface area (Å²) in [4.78, 5) is 13.2. The van der Waals surface area contributed by atoms with E-state index in [2.05, 4.69) is 15.9 Å². The summed E-state index contributed by atoms with van der Waals surface area (Å²) in [6.07, 6.45) is 0.259. The number of halogens is 2. The van der Waals surface area contributed by atoms with Gasteiger partial charge < -0.3 is 4.90 Å². The zero-order valence-electron chi connectivity index (χ0n) is 8.70. The van der Waals surface area contributed by atoms with Crippen molar-refractivity contribution in [2.45, 2.75) is 6.42 Å². The monoisotopic (exact) mass is 284 g/mol. The first-order chi connectivity index (χ1) is 7.57. The summed E-state index contributed by atoms with van der Waals surface area (Å²) < 4.78 is 13.3. The van der Waals surface area contributed by atoms with Crippen molar-refractivity contribution in [3.05, 3.63) is 34.1 Å². The number of carbonyl (C=O) groups excluding carboxylic acids is 1. The minimum atomic E-state index is -0.473. The summed E-state index contributed by atoms with van der Waals surface area (Å²) >= 11 is 3.03. The third-order valence-corrected chi connectivity index (χ3v) is 2.89. The van der Waals surface area contributed by atoms with Gasteiger partial charge in [-0.05, 0) is 28.1 Å². The highest BCUT2D eigenvalue weighted by atomic mass is 79.9. The molecule has 0 radical (unpaired) electrons.